The van der Waals surface area contributed by atoms with Crippen LogP contribution in [-0.4, -0.2) is 57.2 Å². The van der Waals surface area contributed by atoms with E-state index in [2.05, 4.69) is 53.7 Å². The van der Waals surface area contributed by atoms with E-state index in [0.29, 0.717) is 32.1 Å². The molecule has 1 fully saturated rings. The quantitative estimate of drug-likeness (QED) is 0.569. The van der Waals surface area contributed by atoms with Crippen LogP contribution in [0.5, 0.6) is 0 Å². The number of hydrogen-bond acceptors (Lipinski definition) is 3. The summed E-state index contributed by atoms with van der Waals surface area (Å²) in [6.07, 6.45) is 0.727. The average Bonchev–Trinajstić information content (AvgIpc) is 2.91. The van der Waals surface area contributed by atoms with Gasteiger partial charge in [0.05, 0.1) is 5.75 Å². The normalized spacial score (nSPS) is 18.9. The van der Waals surface area contributed by atoms with Crippen molar-refractivity contribution in [1.29, 1.82) is 0 Å². The summed E-state index contributed by atoms with van der Waals surface area (Å²) in [5.74, 6) is 1.34. The van der Waals surface area contributed by atoms with Gasteiger partial charge in [0.2, 0.25) is 10.0 Å². The van der Waals surface area contributed by atoms with Crippen LogP contribution in [0.3, 0.4) is 0 Å². The molecule has 1 atom stereocenters. The van der Waals surface area contributed by atoms with Crippen molar-refractivity contribution < 1.29 is 8.42 Å². The fourth-order valence-electron chi connectivity index (χ4n) is 2.81. The van der Waals surface area contributed by atoms with E-state index in [1.54, 1.807) is 4.31 Å². The molecule has 140 valence electrons. The standard InChI is InChI=1S/C18H30N4O2S/c1-4-19-18(20-10-12-22-11-5-13-25(22,23)24)21-14-16(3)17-8-6-15(2)7-9-17/h6-9,16H,4-5,10-14H2,1-3H3,(H2,19,20,21). The van der Waals surface area contributed by atoms with Gasteiger partial charge in [-0.2, -0.15) is 0 Å². The molecule has 1 unspecified atom stereocenters. The summed E-state index contributed by atoms with van der Waals surface area (Å²) < 4.78 is 25.2. The van der Waals surface area contributed by atoms with E-state index in [4.69, 9.17) is 0 Å². The number of nitrogens with zero attached hydrogens (tertiary/aromatic N) is 2. The van der Waals surface area contributed by atoms with E-state index >= 15 is 0 Å². The highest BCUT2D eigenvalue weighted by Crippen LogP contribution is 2.16. The maximum Gasteiger partial charge on any atom is 0.214 e. The molecule has 0 radical (unpaired) electrons. The summed E-state index contributed by atoms with van der Waals surface area (Å²) in [4.78, 5) is 4.64. The topological polar surface area (TPSA) is 73.8 Å². The summed E-state index contributed by atoms with van der Waals surface area (Å²) in [6, 6.07) is 8.53. The van der Waals surface area contributed by atoms with Crippen LogP contribution in [0, 0.1) is 6.92 Å². The Labute approximate surface area is 151 Å². The first-order chi connectivity index (χ1) is 11.9. The van der Waals surface area contributed by atoms with Crippen LogP contribution in [0.4, 0.5) is 0 Å². The minimum absolute atomic E-state index is 0.273. The van der Waals surface area contributed by atoms with Crippen molar-refractivity contribution in [3.8, 4) is 0 Å². The molecule has 0 aromatic heterocycles. The van der Waals surface area contributed by atoms with E-state index in [1.165, 1.54) is 11.1 Å². The molecule has 2 N–H and O–H groups in total. The Morgan fingerprint density at radius 1 is 1.28 bits per heavy atom. The lowest BCUT2D eigenvalue weighted by atomic mass is 10.0. The first-order valence-corrected chi connectivity index (χ1v) is 10.6. The van der Waals surface area contributed by atoms with Crippen LogP contribution in [0.15, 0.2) is 29.3 Å². The predicted molar refractivity (Wildman–Crippen MR) is 104 cm³/mol. The molecule has 7 heteroatoms. The largest absolute Gasteiger partial charge is 0.357 e. The van der Waals surface area contributed by atoms with Crippen molar-refractivity contribution in [1.82, 2.24) is 14.9 Å². The van der Waals surface area contributed by atoms with Gasteiger partial charge in [-0.15, -0.1) is 0 Å². The number of guanidine groups is 1. The lowest BCUT2D eigenvalue weighted by Crippen LogP contribution is -2.42. The summed E-state index contributed by atoms with van der Waals surface area (Å²) in [6.45, 7) is 9.39. The Balaban J connectivity index is 1.86. The second-order valence-electron chi connectivity index (χ2n) is 6.53. The van der Waals surface area contributed by atoms with Gasteiger partial charge in [-0.3, -0.25) is 4.99 Å². The molecule has 1 saturated heterocycles. The maximum atomic E-state index is 11.8. The van der Waals surface area contributed by atoms with Crippen molar-refractivity contribution in [2.45, 2.75) is 33.1 Å². The highest BCUT2D eigenvalue weighted by Gasteiger charge is 2.27. The number of benzene rings is 1. The van der Waals surface area contributed by atoms with Gasteiger partial charge in [0.25, 0.3) is 0 Å². The zero-order valence-electron chi connectivity index (χ0n) is 15.5. The lowest BCUT2D eigenvalue weighted by Gasteiger charge is -2.17. The fourth-order valence-corrected chi connectivity index (χ4v) is 4.34. The molecule has 0 aliphatic carbocycles. The van der Waals surface area contributed by atoms with Crippen molar-refractivity contribution in [2.24, 2.45) is 4.99 Å². The van der Waals surface area contributed by atoms with Gasteiger partial charge in [0, 0.05) is 38.6 Å². The zero-order valence-corrected chi connectivity index (χ0v) is 16.3. The van der Waals surface area contributed by atoms with Crippen LogP contribution in [-0.2, 0) is 10.0 Å². The maximum absolute atomic E-state index is 11.8. The Kier molecular flexibility index (Phi) is 7.25. The Morgan fingerprint density at radius 3 is 2.60 bits per heavy atom. The van der Waals surface area contributed by atoms with E-state index in [1.807, 2.05) is 6.92 Å². The smallest absolute Gasteiger partial charge is 0.214 e. The molecule has 1 aromatic carbocycles. The molecule has 1 aromatic rings. The van der Waals surface area contributed by atoms with Crippen molar-refractivity contribution in [3.05, 3.63) is 35.4 Å². The van der Waals surface area contributed by atoms with Crippen LogP contribution >= 0.6 is 0 Å². The van der Waals surface area contributed by atoms with Crippen LogP contribution in [0.2, 0.25) is 0 Å². The van der Waals surface area contributed by atoms with Gasteiger partial charge in [-0.1, -0.05) is 36.8 Å². The Morgan fingerprint density at radius 2 is 2.00 bits per heavy atom. The molecular weight excluding hydrogens is 336 g/mol. The van der Waals surface area contributed by atoms with E-state index in [9.17, 15) is 8.42 Å². The first kappa shape index (κ1) is 19.7. The van der Waals surface area contributed by atoms with Crippen molar-refractivity contribution >= 4 is 16.0 Å². The van der Waals surface area contributed by atoms with Gasteiger partial charge < -0.3 is 10.6 Å². The molecule has 25 heavy (non-hydrogen) atoms. The molecular formula is C18H30N4O2S. The van der Waals surface area contributed by atoms with Gasteiger partial charge in [-0.05, 0) is 25.8 Å². The summed E-state index contributed by atoms with van der Waals surface area (Å²) in [5.41, 5.74) is 2.53. The predicted octanol–water partition coefficient (Wildman–Crippen LogP) is 1.69. The second-order valence-corrected chi connectivity index (χ2v) is 8.62. The molecule has 2 rings (SSSR count). The van der Waals surface area contributed by atoms with Gasteiger partial charge in [0.1, 0.15) is 0 Å². The number of aryl methyl sites for hydroxylation is 1. The molecule has 0 saturated carbocycles. The highest BCUT2D eigenvalue weighted by molar-refractivity contribution is 7.89. The summed E-state index contributed by atoms with van der Waals surface area (Å²) >= 11 is 0. The number of sulfonamides is 1. The fraction of sp³-hybridized carbons (Fsp3) is 0.611. The number of rotatable bonds is 7. The van der Waals surface area contributed by atoms with Crippen LogP contribution in [0.1, 0.15) is 37.3 Å². The second kappa shape index (κ2) is 9.20. The van der Waals surface area contributed by atoms with Gasteiger partial charge in [-0.25, -0.2) is 12.7 Å². The van der Waals surface area contributed by atoms with Gasteiger partial charge in [0.15, 0.2) is 5.96 Å². The molecule has 1 aliphatic heterocycles. The van der Waals surface area contributed by atoms with Gasteiger partial charge >= 0.3 is 0 Å². The average molecular weight is 367 g/mol. The number of aliphatic imine (C=N–C) groups is 1. The van der Waals surface area contributed by atoms with E-state index in [-0.39, 0.29) is 5.75 Å². The third kappa shape index (κ3) is 6.01. The van der Waals surface area contributed by atoms with E-state index in [0.717, 1.165) is 18.9 Å². The molecule has 6 nitrogen and oxygen atoms in total. The first-order valence-electron chi connectivity index (χ1n) is 8.99. The van der Waals surface area contributed by atoms with Crippen LogP contribution < -0.4 is 10.6 Å². The Bertz CT molecular complexity index is 671. The van der Waals surface area contributed by atoms with Crippen molar-refractivity contribution in [2.75, 3.05) is 38.5 Å². The van der Waals surface area contributed by atoms with E-state index < -0.39 is 10.0 Å². The molecule has 0 spiro atoms. The molecule has 0 bridgehead atoms. The highest BCUT2D eigenvalue weighted by atomic mass is 32.2. The third-order valence-corrected chi connectivity index (χ3v) is 6.33. The summed E-state index contributed by atoms with van der Waals surface area (Å²) in [5, 5.41) is 6.45. The molecule has 1 heterocycles. The molecule has 0 amide bonds. The third-order valence-electron chi connectivity index (χ3n) is 4.37. The number of hydrogen-bond donors (Lipinski definition) is 2. The number of nitrogens with one attached hydrogen (secondary N) is 2. The monoisotopic (exact) mass is 366 g/mol. The SMILES string of the molecule is CCNC(=NCC(C)c1ccc(C)cc1)NCCN1CCCS1(=O)=O. The lowest BCUT2D eigenvalue weighted by molar-refractivity contribution is 0.445. The van der Waals surface area contributed by atoms with Crippen molar-refractivity contribution in [3.63, 3.8) is 0 Å². The minimum Gasteiger partial charge on any atom is -0.357 e. The summed E-state index contributed by atoms with van der Waals surface area (Å²) in [7, 11) is -3.03. The van der Waals surface area contributed by atoms with Crippen LogP contribution in [0.25, 0.3) is 0 Å². The molecule has 1 aliphatic rings. The zero-order chi connectivity index (χ0) is 18.3. The minimum atomic E-state index is -3.03. The Hall–Kier alpha value is -1.60.